The summed E-state index contributed by atoms with van der Waals surface area (Å²) in [5.41, 5.74) is 8.30. The maximum atomic E-state index is 5.53. The molecule has 0 aliphatic heterocycles. The summed E-state index contributed by atoms with van der Waals surface area (Å²) < 4.78 is 3.70. The zero-order chi connectivity index (χ0) is 13.5. The van der Waals surface area contributed by atoms with E-state index < -0.39 is 0 Å². The first-order valence-electron chi connectivity index (χ1n) is 6.12. The van der Waals surface area contributed by atoms with Crippen molar-refractivity contribution in [2.24, 2.45) is 5.73 Å². The van der Waals surface area contributed by atoms with Gasteiger partial charge in [-0.15, -0.1) is 10.2 Å². The molecule has 9 heteroatoms. The fourth-order valence-corrected chi connectivity index (χ4v) is 2.15. The monoisotopic (exact) mass is 269 g/mol. The summed E-state index contributed by atoms with van der Waals surface area (Å²) in [6, 6.07) is 0. The zero-order valence-corrected chi connectivity index (χ0v) is 10.4. The first-order chi connectivity index (χ1) is 9.86. The van der Waals surface area contributed by atoms with Crippen LogP contribution >= 0.6 is 0 Å². The number of nitrogens with zero attached hydrogens (tertiary/aromatic N) is 7. The van der Waals surface area contributed by atoms with Crippen LogP contribution in [0, 0.1) is 0 Å². The number of hydrogen-bond donors (Lipinski definition) is 2. The number of imidazole rings is 2. The average molecular weight is 269 g/mol. The Morgan fingerprint density at radius 1 is 1.15 bits per heavy atom. The maximum Gasteiger partial charge on any atom is 0.190 e. The summed E-state index contributed by atoms with van der Waals surface area (Å²) >= 11 is 0. The number of H-pyrrole nitrogens is 1. The van der Waals surface area contributed by atoms with Crippen LogP contribution in [0.4, 0.5) is 0 Å². The zero-order valence-electron chi connectivity index (χ0n) is 10.4. The molecule has 9 nitrogen and oxygen atoms in total. The highest BCUT2D eigenvalue weighted by molar-refractivity contribution is 5.85. The molecule has 0 spiro atoms. The van der Waals surface area contributed by atoms with Gasteiger partial charge in [0.1, 0.15) is 17.5 Å². The highest BCUT2D eigenvalue weighted by atomic mass is 15.3. The van der Waals surface area contributed by atoms with E-state index in [2.05, 4.69) is 30.1 Å². The number of fused-ring (bicyclic) bond motifs is 3. The van der Waals surface area contributed by atoms with Gasteiger partial charge in [-0.05, 0) is 0 Å². The number of hydrogen-bond acceptors (Lipinski definition) is 6. The fraction of sp³-hybridized carbons (Fsp3) is 0.182. The fourth-order valence-electron chi connectivity index (χ4n) is 2.15. The Balaban J connectivity index is 1.90. The first-order valence-corrected chi connectivity index (χ1v) is 6.12. The van der Waals surface area contributed by atoms with Crippen LogP contribution in [0.1, 0.15) is 0 Å². The van der Waals surface area contributed by atoms with Crippen LogP contribution in [0.15, 0.2) is 25.2 Å². The largest absolute Gasteiger partial charge is 0.340 e. The molecular weight excluding hydrogens is 258 g/mol. The van der Waals surface area contributed by atoms with E-state index in [1.54, 1.807) is 23.4 Å². The molecule has 0 fully saturated rings. The van der Waals surface area contributed by atoms with Gasteiger partial charge < -0.3 is 15.3 Å². The Kier molecular flexibility index (Phi) is 2.27. The van der Waals surface area contributed by atoms with Gasteiger partial charge >= 0.3 is 0 Å². The molecule has 0 radical (unpaired) electrons. The molecule has 0 unspecified atom stereocenters. The van der Waals surface area contributed by atoms with Gasteiger partial charge in [0.25, 0.3) is 0 Å². The van der Waals surface area contributed by atoms with Crippen LogP contribution in [0.5, 0.6) is 0 Å². The van der Waals surface area contributed by atoms with Gasteiger partial charge in [-0.3, -0.25) is 4.40 Å². The number of aromatic nitrogens is 8. The van der Waals surface area contributed by atoms with Gasteiger partial charge in [-0.1, -0.05) is 0 Å². The third-order valence-electron chi connectivity index (χ3n) is 3.08. The number of nitrogens with two attached hydrogens (primary N) is 1. The van der Waals surface area contributed by atoms with Crippen molar-refractivity contribution in [3.8, 4) is 11.5 Å². The highest BCUT2D eigenvalue weighted by Crippen LogP contribution is 2.19. The summed E-state index contributed by atoms with van der Waals surface area (Å²) in [6.07, 6.45) is 6.85. The third kappa shape index (κ3) is 1.50. The number of nitrogens with one attached hydrogen (secondary N) is 1. The van der Waals surface area contributed by atoms with E-state index >= 15 is 0 Å². The lowest BCUT2D eigenvalue weighted by molar-refractivity contribution is 0.708. The van der Waals surface area contributed by atoms with Gasteiger partial charge in [0.05, 0.1) is 12.7 Å². The summed E-state index contributed by atoms with van der Waals surface area (Å²) in [6.45, 7) is 1.28. The maximum absolute atomic E-state index is 5.53. The Labute approximate surface area is 112 Å². The molecule has 4 aromatic rings. The van der Waals surface area contributed by atoms with Crippen molar-refractivity contribution < 1.29 is 0 Å². The van der Waals surface area contributed by atoms with Crippen molar-refractivity contribution in [1.29, 1.82) is 0 Å². The van der Waals surface area contributed by atoms with E-state index in [0.29, 0.717) is 30.2 Å². The van der Waals surface area contributed by atoms with Crippen LogP contribution in [-0.2, 0) is 6.54 Å². The van der Waals surface area contributed by atoms with Crippen LogP contribution in [-0.4, -0.2) is 45.6 Å². The Morgan fingerprint density at radius 2 is 2.10 bits per heavy atom. The second-order valence-corrected chi connectivity index (χ2v) is 4.35. The summed E-state index contributed by atoms with van der Waals surface area (Å²) in [4.78, 5) is 15.7. The molecule has 4 aromatic heterocycles. The lowest BCUT2D eigenvalue weighted by atomic mass is 10.4. The van der Waals surface area contributed by atoms with E-state index in [-0.39, 0.29) is 0 Å². The van der Waals surface area contributed by atoms with Crippen LogP contribution < -0.4 is 5.73 Å². The molecule has 100 valence electrons. The molecule has 4 heterocycles. The smallest absolute Gasteiger partial charge is 0.190 e. The lowest BCUT2D eigenvalue weighted by Gasteiger charge is -1.97. The minimum atomic E-state index is 0.562. The van der Waals surface area contributed by atoms with Crippen LogP contribution in [0.25, 0.3) is 28.3 Å². The van der Waals surface area contributed by atoms with Gasteiger partial charge in [0, 0.05) is 19.3 Å². The normalized spacial score (nSPS) is 11.7. The summed E-state index contributed by atoms with van der Waals surface area (Å²) in [5, 5.41) is 8.37. The standard InChI is InChI=1S/C11H11N9/c12-1-2-19-3-7(15-5-19)10-17-18-11-8-9(14-4-13-8)16-6-20(10)11/h3-6H,1-2,12H2,(H,13,14). The van der Waals surface area contributed by atoms with Gasteiger partial charge in [0.15, 0.2) is 17.1 Å². The van der Waals surface area contributed by atoms with E-state index in [1.807, 2.05) is 10.8 Å². The van der Waals surface area contributed by atoms with Crippen molar-refractivity contribution in [2.75, 3.05) is 6.54 Å². The molecule has 0 aromatic carbocycles. The molecule has 0 saturated carbocycles. The topological polar surface area (TPSA) is 116 Å². The van der Waals surface area contributed by atoms with E-state index in [0.717, 1.165) is 11.2 Å². The summed E-state index contributed by atoms with van der Waals surface area (Å²) in [5.74, 6) is 0.639. The Morgan fingerprint density at radius 3 is 3.00 bits per heavy atom. The molecule has 3 N–H and O–H groups in total. The van der Waals surface area contributed by atoms with Crippen molar-refractivity contribution in [2.45, 2.75) is 6.54 Å². The van der Waals surface area contributed by atoms with Gasteiger partial charge in [0.2, 0.25) is 0 Å². The number of rotatable bonds is 3. The van der Waals surface area contributed by atoms with Gasteiger partial charge in [-0.25, -0.2) is 15.0 Å². The molecule has 0 atom stereocenters. The second kappa shape index (κ2) is 4.10. The molecule has 20 heavy (non-hydrogen) atoms. The predicted octanol–water partition coefficient (Wildman–Crippen LogP) is -0.177. The second-order valence-electron chi connectivity index (χ2n) is 4.35. The molecule has 0 aliphatic rings. The lowest BCUT2D eigenvalue weighted by Crippen LogP contribution is -2.07. The van der Waals surface area contributed by atoms with Gasteiger partial charge in [-0.2, -0.15) is 0 Å². The molecule has 0 aliphatic carbocycles. The van der Waals surface area contributed by atoms with Crippen molar-refractivity contribution in [1.82, 2.24) is 39.1 Å². The molecular formula is C11H11N9. The number of aromatic amines is 1. The minimum absolute atomic E-state index is 0.562. The summed E-state index contributed by atoms with van der Waals surface area (Å²) in [7, 11) is 0. The third-order valence-corrected chi connectivity index (χ3v) is 3.08. The molecule has 0 saturated heterocycles. The Bertz CT molecular complexity index is 884. The highest BCUT2D eigenvalue weighted by Gasteiger charge is 2.14. The van der Waals surface area contributed by atoms with E-state index in [4.69, 9.17) is 5.73 Å². The van der Waals surface area contributed by atoms with Crippen LogP contribution in [0.2, 0.25) is 0 Å². The van der Waals surface area contributed by atoms with E-state index in [1.165, 1.54) is 0 Å². The van der Waals surface area contributed by atoms with Crippen molar-refractivity contribution >= 4 is 16.8 Å². The molecule has 4 rings (SSSR count). The average Bonchev–Trinajstić information content (AvgIpc) is 3.16. The first kappa shape index (κ1) is 11.1. The Hall–Kier alpha value is -2.81. The SMILES string of the molecule is NCCn1cnc(-c2nnc3c4[nH]cnc4ncn23)c1. The quantitative estimate of drug-likeness (QED) is 0.533. The van der Waals surface area contributed by atoms with Crippen LogP contribution in [0.3, 0.4) is 0 Å². The minimum Gasteiger partial charge on any atom is -0.340 e. The molecule has 0 bridgehead atoms. The van der Waals surface area contributed by atoms with Crippen molar-refractivity contribution in [3.05, 3.63) is 25.2 Å². The molecule has 0 amide bonds. The van der Waals surface area contributed by atoms with E-state index in [9.17, 15) is 0 Å². The van der Waals surface area contributed by atoms with Crippen molar-refractivity contribution in [3.63, 3.8) is 0 Å². The predicted molar refractivity (Wildman–Crippen MR) is 70.7 cm³/mol.